The Morgan fingerprint density at radius 2 is 2.00 bits per heavy atom. The molecule has 3 heterocycles. The van der Waals surface area contributed by atoms with Crippen molar-refractivity contribution in [1.82, 2.24) is 4.90 Å². The third kappa shape index (κ3) is 3.55. The van der Waals surface area contributed by atoms with Crippen LogP contribution in [0.1, 0.15) is 52.5 Å². The highest BCUT2D eigenvalue weighted by Gasteiger charge is 2.78. The van der Waals surface area contributed by atoms with E-state index in [2.05, 4.69) is 34.9 Å². The zero-order valence-corrected chi connectivity index (χ0v) is 22.8. The third-order valence-corrected chi connectivity index (χ3v) is 9.26. The van der Waals surface area contributed by atoms with Gasteiger partial charge in [0.05, 0.1) is 13.2 Å². The number of benzene rings is 1. The van der Waals surface area contributed by atoms with Crippen molar-refractivity contribution >= 4 is 17.6 Å². The van der Waals surface area contributed by atoms with Crippen LogP contribution in [0.2, 0.25) is 0 Å². The van der Waals surface area contributed by atoms with Crippen molar-refractivity contribution in [2.75, 3.05) is 38.8 Å². The van der Waals surface area contributed by atoms with Crippen LogP contribution in [0.4, 0.5) is 5.69 Å². The standard InChI is InChI=1S/C29H40N2O6/c1-7-27-11-8-13-31-14-12-28(24(27)31)21-10-9-20(35-6)16-22(21)30(5)25(28)29(34,26(27)37-19(4)32)17-36-23(33)15-18(2)3/h8-11,16,18,24-26,34H,7,12-15,17H2,1-6H3/t24-,25+,26+,27+,28+,29?/m0/s1. The Hall–Kier alpha value is -2.58. The average Bonchev–Trinajstić information content (AvgIpc) is 3.37. The molecule has 5 rings (SSSR count). The Morgan fingerprint density at radius 3 is 2.65 bits per heavy atom. The first kappa shape index (κ1) is 26.0. The molecule has 4 aliphatic rings. The van der Waals surface area contributed by atoms with Crippen LogP contribution < -0.4 is 9.64 Å². The maximum atomic E-state index is 12.9. The molecule has 37 heavy (non-hydrogen) atoms. The quantitative estimate of drug-likeness (QED) is 0.441. The average molecular weight is 513 g/mol. The lowest BCUT2D eigenvalue weighted by molar-refractivity contribution is -0.232. The van der Waals surface area contributed by atoms with Gasteiger partial charge in [0.25, 0.3) is 0 Å². The summed E-state index contributed by atoms with van der Waals surface area (Å²) < 4.78 is 17.5. The number of rotatable bonds is 7. The predicted octanol–water partition coefficient (Wildman–Crippen LogP) is 3.06. The van der Waals surface area contributed by atoms with Crippen molar-refractivity contribution in [2.24, 2.45) is 11.3 Å². The number of carbonyl (C=O) groups excluding carboxylic acids is 2. The van der Waals surface area contributed by atoms with Crippen LogP contribution in [0, 0.1) is 11.3 Å². The number of ether oxygens (including phenoxy) is 3. The summed E-state index contributed by atoms with van der Waals surface area (Å²) >= 11 is 0. The van der Waals surface area contributed by atoms with E-state index >= 15 is 0 Å². The summed E-state index contributed by atoms with van der Waals surface area (Å²) in [4.78, 5) is 29.9. The minimum absolute atomic E-state index is 0.00749. The van der Waals surface area contributed by atoms with Gasteiger partial charge >= 0.3 is 11.9 Å². The van der Waals surface area contributed by atoms with Gasteiger partial charge in [-0.25, -0.2) is 0 Å². The van der Waals surface area contributed by atoms with E-state index in [-0.39, 0.29) is 31.0 Å². The smallest absolute Gasteiger partial charge is 0.306 e. The van der Waals surface area contributed by atoms with Crippen LogP contribution in [0.15, 0.2) is 30.4 Å². The van der Waals surface area contributed by atoms with E-state index in [0.717, 1.165) is 36.5 Å². The number of esters is 2. The fourth-order valence-electron chi connectivity index (χ4n) is 8.20. The second-order valence-corrected chi connectivity index (χ2v) is 11.7. The lowest BCUT2D eigenvalue weighted by Gasteiger charge is -2.64. The van der Waals surface area contributed by atoms with Gasteiger partial charge in [-0.1, -0.05) is 39.0 Å². The number of hydrogen-bond acceptors (Lipinski definition) is 8. The van der Waals surface area contributed by atoms with Crippen LogP contribution in [-0.2, 0) is 24.5 Å². The van der Waals surface area contributed by atoms with Crippen molar-refractivity contribution < 1.29 is 28.9 Å². The van der Waals surface area contributed by atoms with Gasteiger partial charge in [0.1, 0.15) is 18.5 Å². The molecular weight excluding hydrogens is 472 g/mol. The van der Waals surface area contributed by atoms with Crippen LogP contribution in [-0.4, -0.2) is 79.6 Å². The zero-order chi connectivity index (χ0) is 26.8. The molecule has 1 aromatic carbocycles. The summed E-state index contributed by atoms with van der Waals surface area (Å²) in [7, 11) is 3.62. The lowest BCUT2D eigenvalue weighted by Crippen LogP contribution is -2.80. The number of fused-ring (bicyclic) bond motifs is 1. The summed E-state index contributed by atoms with van der Waals surface area (Å²) in [6, 6.07) is 5.67. The van der Waals surface area contributed by atoms with Gasteiger partial charge in [0.2, 0.25) is 0 Å². The summed E-state index contributed by atoms with van der Waals surface area (Å²) in [6.07, 6.45) is 5.15. The first-order chi connectivity index (χ1) is 17.5. The number of nitrogens with zero attached hydrogens (tertiary/aromatic N) is 2. The molecule has 0 bridgehead atoms. The number of aliphatic hydroxyl groups is 1. The fraction of sp³-hybridized carbons (Fsp3) is 0.655. The van der Waals surface area contributed by atoms with E-state index < -0.39 is 34.5 Å². The normalized spacial score (nSPS) is 35.7. The highest BCUT2D eigenvalue weighted by atomic mass is 16.6. The Kier molecular flexibility index (Phi) is 6.35. The molecule has 2 fully saturated rings. The molecule has 202 valence electrons. The summed E-state index contributed by atoms with van der Waals surface area (Å²) in [5, 5.41) is 12.9. The molecule has 1 unspecified atom stereocenters. The molecule has 0 aromatic heterocycles. The second-order valence-electron chi connectivity index (χ2n) is 11.7. The van der Waals surface area contributed by atoms with E-state index in [4.69, 9.17) is 14.2 Å². The highest BCUT2D eigenvalue weighted by molar-refractivity contribution is 5.72. The van der Waals surface area contributed by atoms with Gasteiger partial charge in [0.15, 0.2) is 5.60 Å². The Balaban J connectivity index is 1.73. The topological polar surface area (TPSA) is 88.5 Å². The van der Waals surface area contributed by atoms with Gasteiger partial charge in [-0.15, -0.1) is 0 Å². The molecule has 0 amide bonds. The molecule has 1 aliphatic carbocycles. The van der Waals surface area contributed by atoms with Crippen molar-refractivity contribution in [1.29, 1.82) is 0 Å². The second kappa shape index (κ2) is 9.02. The molecule has 1 saturated heterocycles. The predicted molar refractivity (Wildman–Crippen MR) is 140 cm³/mol. The van der Waals surface area contributed by atoms with Crippen molar-refractivity contribution in [3.63, 3.8) is 0 Å². The SMILES string of the molecule is CC[C@]12C=CCN3CC[C@@]4(c5ccc(OC)cc5N(C)[C@H]4C(O)(COC(=O)CC(C)C)[C@@H]1OC(C)=O)[C@@H]32. The molecular formula is C29H40N2O6. The third-order valence-electron chi connectivity index (χ3n) is 9.26. The molecule has 1 N–H and O–H groups in total. The molecule has 3 aliphatic heterocycles. The Morgan fingerprint density at radius 1 is 1.24 bits per heavy atom. The van der Waals surface area contributed by atoms with Crippen molar-refractivity contribution in [3.8, 4) is 5.75 Å². The van der Waals surface area contributed by atoms with Crippen molar-refractivity contribution in [2.45, 2.75) is 76.2 Å². The largest absolute Gasteiger partial charge is 0.497 e. The molecule has 8 heteroatoms. The highest BCUT2D eigenvalue weighted by Crippen LogP contribution is 2.67. The fourth-order valence-corrected chi connectivity index (χ4v) is 8.20. The van der Waals surface area contributed by atoms with Crippen LogP contribution in [0.3, 0.4) is 0 Å². The number of carbonyl (C=O) groups is 2. The van der Waals surface area contributed by atoms with Gasteiger partial charge < -0.3 is 24.2 Å². The maximum absolute atomic E-state index is 12.9. The number of likely N-dealkylation sites (N-methyl/N-ethyl adjacent to an activating group) is 1. The van der Waals surface area contributed by atoms with Crippen LogP contribution >= 0.6 is 0 Å². The minimum Gasteiger partial charge on any atom is -0.497 e. The van der Waals surface area contributed by atoms with Gasteiger partial charge in [0, 0.05) is 55.6 Å². The minimum atomic E-state index is -1.65. The maximum Gasteiger partial charge on any atom is 0.306 e. The molecule has 1 spiro atoms. The van der Waals surface area contributed by atoms with E-state index in [1.807, 2.05) is 33.0 Å². The molecule has 8 nitrogen and oxygen atoms in total. The summed E-state index contributed by atoms with van der Waals surface area (Å²) in [5.74, 6) is 0.0506. The summed E-state index contributed by atoms with van der Waals surface area (Å²) in [5.41, 5.74) is -0.606. The van der Waals surface area contributed by atoms with E-state index in [1.165, 1.54) is 6.92 Å². The van der Waals surface area contributed by atoms with E-state index in [0.29, 0.717) is 6.42 Å². The molecule has 6 atom stereocenters. The van der Waals surface area contributed by atoms with Gasteiger partial charge in [-0.05, 0) is 36.9 Å². The molecule has 1 aromatic rings. The van der Waals surface area contributed by atoms with Crippen LogP contribution in [0.25, 0.3) is 0 Å². The Labute approximate surface area is 219 Å². The Bertz CT molecular complexity index is 1120. The lowest BCUT2D eigenvalue weighted by atomic mass is 9.48. The zero-order valence-electron chi connectivity index (χ0n) is 22.8. The molecule has 1 saturated carbocycles. The monoisotopic (exact) mass is 512 g/mol. The number of methoxy groups -OCH3 is 1. The molecule has 0 radical (unpaired) electrons. The first-order valence-corrected chi connectivity index (χ1v) is 13.4. The van der Waals surface area contributed by atoms with E-state index in [1.54, 1.807) is 7.11 Å². The van der Waals surface area contributed by atoms with E-state index in [9.17, 15) is 14.7 Å². The van der Waals surface area contributed by atoms with Crippen LogP contribution in [0.5, 0.6) is 5.75 Å². The number of hydrogen-bond donors (Lipinski definition) is 1. The number of anilines is 1. The van der Waals surface area contributed by atoms with Gasteiger partial charge in [-0.2, -0.15) is 0 Å². The first-order valence-electron chi connectivity index (χ1n) is 13.4. The van der Waals surface area contributed by atoms with Crippen molar-refractivity contribution in [3.05, 3.63) is 35.9 Å². The summed E-state index contributed by atoms with van der Waals surface area (Å²) in [6.45, 7) is 8.81. The van der Waals surface area contributed by atoms with Gasteiger partial charge in [-0.3, -0.25) is 14.5 Å².